The van der Waals surface area contributed by atoms with E-state index in [1.54, 1.807) is 23.0 Å². The average molecular weight is 419 g/mol. The molecule has 1 aromatic heterocycles. The lowest BCUT2D eigenvalue weighted by Crippen LogP contribution is -2.08. The van der Waals surface area contributed by atoms with Crippen LogP contribution in [0, 0.1) is 0 Å². The lowest BCUT2D eigenvalue weighted by atomic mass is 10.1. The first-order chi connectivity index (χ1) is 13.2. The van der Waals surface area contributed by atoms with Gasteiger partial charge in [-0.1, -0.05) is 64.5 Å². The minimum atomic E-state index is -0.443. The van der Waals surface area contributed by atoms with E-state index in [2.05, 4.69) is 21.0 Å². The quantitative estimate of drug-likeness (QED) is 0.323. The van der Waals surface area contributed by atoms with Crippen molar-refractivity contribution in [1.82, 2.24) is 9.78 Å². The Balaban J connectivity index is 1.77. The number of nitrogens with zero attached hydrogens (tertiary/aromatic N) is 2. The van der Waals surface area contributed by atoms with Crippen LogP contribution in [-0.4, -0.2) is 15.7 Å². The molecule has 5 heteroatoms. The summed E-state index contributed by atoms with van der Waals surface area (Å²) >= 11 is 3.43. The molecule has 27 heavy (non-hydrogen) atoms. The number of hydrogen-bond donors (Lipinski definition) is 0. The SMILES string of the molecule is O=C(Oc1ccccc1)c1cn(-c2ccccc2)nc1-c1ccc(Br)cc1. The normalized spacial score (nSPS) is 10.6. The summed E-state index contributed by atoms with van der Waals surface area (Å²) in [5.74, 6) is 0.0537. The number of rotatable bonds is 4. The van der Waals surface area contributed by atoms with Crippen molar-refractivity contribution in [2.24, 2.45) is 0 Å². The summed E-state index contributed by atoms with van der Waals surface area (Å²) in [5, 5.41) is 4.64. The number of aromatic nitrogens is 2. The molecule has 0 bridgehead atoms. The van der Waals surface area contributed by atoms with E-state index in [1.165, 1.54) is 0 Å². The Morgan fingerprint density at radius 3 is 2.15 bits per heavy atom. The largest absolute Gasteiger partial charge is 0.423 e. The van der Waals surface area contributed by atoms with E-state index in [9.17, 15) is 4.79 Å². The zero-order chi connectivity index (χ0) is 18.6. The van der Waals surface area contributed by atoms with Gasteiger partial charge >= 0.3 is 5.97 Å². The van der Waals surface area contributed by atoms with Crippen LogP contribution in [0.1, 0.15) is 10.4 Å². The van der Waals surface area contributed by atoms with Crippen molar-refractivity contribution in [2.45, 2.75) is 0 Å². The van der Waals surface area contributed by atoms with Crippen molar-refractivity contribution in [3.8, 4) is 22.7 Å². The number of hydrogen-bond acceptors (Lipinski definition) is 3. The Bertz CT molecular complexity index is 1060. The standard InChI is InChI=1S/C22H15BrN2O2/c23-17-13-11-16(12-14-17)21-20(22(26)27-19-9-5-2-6-10-19)15-25(24-21)18-7-3-1-4-8-18/h1-15H. The number of para-hydroxylation sites is 2. The maximum Gasteiger partial charge on any atom is 0.347 e. The van der Waals surface area contributed by atoms with Crippen molar-refractivity contribution in [3.63, 3.8) is 0 Å². The van der Waals surface area contributed by atoms with Crippen LogP contribution >= 0.6 is 15.9 Å². The van der Waals surface area contributed by atoms with Gasteiger partial charge in [0.15, 0.2) is 0 Å². The molecule has 0 aliphatic heterocycles. The monoisotopic (exact) mass is 418 g/mol. The molecule has 132 valence electrons. The Hall–Kier alpha value is -3.18. The van der Waals surface area contributed by atoms with Crippen LogP contribution in [0.4, 0.5) is 0 Å². The minimum Gasteiger partial charge on any atom is -0.423 e. The lowest BCUT2D eigenvalue weighted by Gasteiger charge is -2.04. The smallest absolute Gasteiger partial charge is 0.347 e. The van der Waals surface area contributed by atoms with Crippen LogP contribution in [0.25, 0.3) is 16.9 Å². The molecule has 0 amide bonds. The molecule has 0 unspecified atom stereocenters. The lowest BCUT2D eigenvalue weighted by molar-refractivity contribution is 0.0735. The highest BCUT2D eigenvalue weighted by Gasteiger charge is 2.20. The number of esters is 1. The molecule has 4 aromatic rings. The van der Waals surface area contributed by atoms with E-state index in [0.29, 0.717) is 17.0 Å². The molecule has 0 fully saturated rings. The Labute approximate surface area is 165 Å². The van der Waals surface area contributed by atoms with Crippen LogP contribution in [0.3, 0.4) is 0 Å². The third-order valence-corrected chi connectivity index (χ3v) is 4.55. The molecule has 0 radical (unpaired) electrons. The van der Waals surface area contributed by atoms with E-state index in [4.69, 9.17) is 4.74 Å². The Morgan fingerprint density at radius 1 is 0.852 bits per heavy atom. The summed E-state index contributed by atoms with van der Waals surface area (Å²) in [4.78, 5) is 12.8. The molecule has 0 aliphatic carbocycles. The summed E-state index contributed by atoms with van der Waals surface area (Å²) in [5.41, 5.74) is 2.69. The van der Waals surface area contributed by atoms with Gasteiger partial charge in [0.25, 0.3) is 0 Å². The zero-order valence-electron chi connectivity index (χ0n) is 14.2. The zero-order valence-corrected chi connectivity index (χ0v) is 15.8. The van der Waals surface area contributed by atoms with Crippen molar-refractivity contribution in [1.29, 1.82) is 0 Å². The summed E-state index contributed by atoms with van der Waals surface area (Å²) in [7, 11) is 0. The van der Waals surface area contributed by atoms with Crippen molar-refractivity contribution < 1.29 is 9.53 Å². The second-order valence-electron chi connectivity index (χ2n) is 5.88. The molecule has 0 spiro atoms. The summed E-state index contributed by atoms with van der Waals surface area (Å²) in [6.07, 6.45) is 1.71. The highest BCUT2D eigenvalue weighted by molar-refractivity contribution is 9.10. The van der Waals surface area contributed by atoms with Gasteiger partial charge in [-0.15, -0.1) is 0 Å². The third kappa shape index (κ3) is 3.83. The Kier molecular flexibility index (Phi) is 4.85. The number of carbonyl (C=O) groups is 1. The molecule has 0 atom stereocenters. The summed E-state index contributed by atoms with van der Waals surface area (Å²) in [6.45, 7) is 0. The average Bonchev–Trinajstić information content (AvgIpc) is 3.16. The fourth-order valence-corrected chi connectivity index (χ4v) is 2.97. The van der Waals surface area contributed by atoms with Crippen LogP contribution in [0.5, 0.6) is 5.75 Å². The molecule has 0 aliphatic rings. The predicted molar refractivity (Wildman–Crippen MR) is 108 cm³/mol. The summed E-state index contributed by atoms with van der Waals surface area (Å²) < 4.78 is 8.19. The maximum atomic E-state index is 12.8. The van der Waals surface area contributed by atoms with E-state index >= 15 is 0 Å². The fourth-order valence-electron chi connectivity index (χ4n) is 2.71. The van der Waals surface area contributed by atoms with Crippen LogP contribution in [-0.2, 0) is 0 Å². The minimum absolute atomic E-state index is 0.407. The molecular weight excluding hydrogens is 404 g/mol. The molecule has 0 saturated carbocycles. The van der Waals surface area contributed by atoms with Crippen LogP contribution in [0.15, 0.2) is 95.6 Å². The van der Waals surface area contributed by atoms with Gasteiger partial charge < -0.3 is 4.74 Å². The first kappa shape index (κ1) is 17.2. The maximum absolute atomic E-state index is 12.8. The van der Waals surface area contributed by atoms with Crippen LogP contribution < -0.4 is 4.74 Å². The molecule has 1 heterocycles. The number of ether oxygens (including phenoxy) is 1. The van der Waals surface area contributed by atoms with E-state index in [-0.39, 0.29) is 0 Å². The number of carbonyl (C=O) groups excluding carboxylic acids is 1. The topological polar surface area (TPSA) is 44.1 Å². The van der Waals surface area contributed by atoms with Gasteiger partial charge in [-0.05, 0) is 36.4 Å². The highest BCUT2D eigenvalue weighted by Crippen LogP contribution is 2.26. The van der Waals surface area contributed by atoms with Crippen molar-refractivity contribution in [2.75, 3.05) is 0 Å². The molecule has 0 saturated heterocycles. The van der Waals surface area contributed by atoms with Gasteiger partial charge in [-0.2, -0.15) is 5.10 Å². The first-order valence-electron chi connectivity index (χ1n) is 8.39. The summed E-state index contributed by atoms with van der Waals surface area (Å²) in [6, 6.07) is 26.4. The van der Waals surface area contributed by atoms with Gasteiger partial charge in [0.1, 0.15) is 17.0 Å². The highest BCUT2D eigenvalue weighted by atomic mass is 79.9. The number of benzene rings is 3. The van der Waals surface area contributed by atoms with E-state index in [0.717, 1.165) is 15.7 Å². The van der Waals surface area contributed by atoms with E-state index in [1.807, 2.05) is 72.8 Å². The van der Waals surface area contributed by atoms with Crippen LogP contribution in [0.2, 0.25) is 0 Å². The first-order valence-corrected chi connectivity index (χ1v) is 9.18. The third-order valence-electron chi connectivity index (χ3n) is 4.03. The fraction of sp³-hybridized carbons (Fsp3) is 0. The second-order valence-corrected chi connectivity index (χ2v) is 6.80. The van der Waals surface area contributed by atoms with Gasteiger partial charge in [-0.3, -0.25) is 0 Å². The van der Waals surface area contributed by atoms with Crippen molar-refractivity contribution in [3.05, 3.63) is 101 Å². The molecule has 4 rings (SSSR count). The van der Waals surface area contributed by atoms with Crippen molar-refractivity contribution >= 4 is 21.9 Å². The second kappa shape index (κ2) is 7.60. The molecular formula is C22H15BrN2O2. The molecule has 4 nitrogen and oxygen atoms in total. The van der Waals surface area contributed by atoms with Gasteiger partial charge in [-0.25, -0.2) is 9.48 Å². The Morgan fingerprint density at radius 2 is 1.48 bits per heavy atom. The molecule has 3 aromatic carbocycles. The molecule has 0 N–H and O–H groups in total. The van der Waals surface area contributed by atoms with Gasteiger partial charge in [0, 0.05) is 16.2 Å². The predicted octanol–water partition coefficient (Wildman–Crippen LogP) is 5.52. The number of halogens is 1. The van der Waals surface area contributed by atoms with Gasteiger partial charge in [0.2, 0.25) is 0 Å². The van der Waals surface area contributed by atoms with Gasteiger partial charge in [0.05, 0.1) is 5.69 Å². The van der Waals surface area contributed by atoms with E-state index < -0.39 is 5.97 Å².